The van der Waals surface area contributed by atoms with Crippen molar-refractivity contribution in [1.82, 2.24) is 4.90 Å². The highest BCUT2D eigenvalue weighted by atomic mass is 127. The van der Waals surface area contributed by atoms with Gasteiger partial charge in [0, 0.05) is 58.5 Å². The number of carbonyl (C=O) groups is 7. The van der Waals surface area contributed by atoms with Gasteiger partial charge in [-0.3, -0.25) is 28.8 Å². The summed E-state index contributed by atoms with van der Waals surface area (Å²) in [5, 5.41) is 12.1. The predicted octanol–water partition coefficient (Wildman–Crippen LogP) is 8.17. The topological polar surface area (TPSA) is 217 Å². The van der Waals surface area contributed by atoms with Crippen LogP contribution in [0.3, 0.4) is 0 Å². The smallest absolute Gasteiger partial charge is 0.329 e. The molecule has 1 aliphatic carbocycles. The molecule has 428 valence electrons. The number of ketones is 3. The van der Waals surface area contributed by atoms with Crippen LogP contribution in [0.1, 0.15) is 126 Å². The van der Waals surface area contributed by atoms with E-state index in [0.29, 0.717) is 63.4 Å². The number of alkyl halides is 2. The number of piperidine rings is 1. The van der Waals surface area contributed by atoms with Gasteiger partial charge in [-0.15, -0.1) is 0 Å². The normalized spacial score (nSPS) is 35.0. The quantitative estimate of drug-likeness (QED) is 0.0350. The zero-order valence-electron chi connectivity index (χ0n) is 46.3. The second-order valence-electron chi connectivity index (χ2n) is 21.4. The molecular weight excluding hydrogens is 1210 g/mol. The molecule has 1 amide bonds. The molecule has 0 aromatic carbocycles. The van der Waals surface area contributed by atoms with E-state index in [4.69, 9.17) is 37.9 Å². The highest BCUT2D eigenvalue weighted by molar-refractivity contribution is 14.1. The largest absolute Gasteiger partial charge is 0.463 e. The summed E-state index contributed by atoms with van der Waals surface area (Å²) in [4.78, 5) is 97.9. The molecule has 0 radical (unpaired) electrons. The number of hydrogen-bond donors (Lipinski definition) is 1. The van der Waals surface area contributed by atoms with Crippen molar-refractivity contribution in [3.63, 3.8) is 0 Å². The van der Waals surface area contributed by atoms with Gasteiger partial charge in [-0.1, -0.05) is 116 Å². The Balaban J connectivity index is 1.73. The van der Waals surface area contributed by atoms with E-state index in [2.05, 4.69) is 0 Å². The summed E-state index contributed by atoms with van der Waals surface area (Å²) < 4.78 is 47.6. The maximum atomic E-state index is 14.6. The molecule has 0 aromatic heterocycles. The minimum Gasteiger partial charge on any atom is -0.463 e. The minimum absolute atomic E-state index is 0.0134. The lowest BCUT2D eigenvalue weighted by atomic mass is 9.78. The van der Waals surface area contributed by atoms with Gasteiger partial charge in [-0.25, -0.2) is 4.79 Å². The van der Waals surface area contributed by atoms with E-state index in [-0.39, 0.29) is 89.0 Å². The Hall–Kier alpha value is -2.93. The van der Waals surface area contributed by atoms with Gasteiger partial charge in [0.25, 0.3) is 11.7 Å². The van der Waals surface area contributed by atoms with Gasteiger partial charge in [-0.05, 0) is 107 Å². The first-order valence-electron chi connectivity index (χ1n) is 27.0. The molecule has 1 unspecified atom stereocenters. The molecule has 17 nitrogen and oxygen atoms in total. The first kappa shape index (κ1) is 65.6. The molecule has 4 aliphatic rings. The molecule has 0 spiro atoms. The van der Waals surface area contributed by atoms with Crippen molar-refractivity contribution in [1.29, 1.82) is 0 Å². The predicted molar refractivity (Wildman–Crippen MR) is 301 cm³/mol. The van der Waals surface area contributed by atoms with Crippen LogP contribution in [0.2, 0.25) is 0 Å². The first-order chi connectivity index (χ1) is 36.1. The molecule has 76 heavy (non-hydrogen) atoms. The third-order valence-corrected chi connectivity index (χ3v) is 16.8. The Labute approximate surface area is 478 Å². The SMILES string of the molecule is CO[C@H]1C[C@@H]2CC[C@@H](C)[C@@](O)(O2)C(=O)C(=O)N2CCCC[C@H]2C(=O)OC([C@H](C)C[C@@H]2CC[C@@H](OCCOC(=O)CI)[C@H](OC)C2)CC(=O)[C@H](C)/C=C(\C)[C@@H](OC(=O)CI)[C@@H](OC)C(=O)[C@H](C)C[C@@H](C)/C=C\C=CC=C1C. The third-order valence-electron chi connectivity index (χ3n) is 15.6. The standard InChI is InChI=1S/C57H85I2NO16/c1-34-16-12-11-13-17-35(2)46(69-8)30-42-21-19-40(7)57(68,76-42)54(65)55(66)60-23-15-14-18-43(60)56(67)74-47(37(4)28-41-20-22-45(48(29-41)70-9)72-24-25-73-49(62)32-58)31-44(61)36(3)27-39(6)52(75-50(63)33-59)53(71-10)51(64)38(5)26-34/h11-13,16-17,27,34,36-38,40-43,45-48,52-53,68H,14-15,18-26,28-33H2,1-10H3/b13-11?,16-12-,35-17?,39-27+/t34-,36+,37+,38+,40+,41-,42-,43-,45+,46-,47?,48+,52+,53-,57+/m0/s1. The Kier molecular flexibility index (Phi) is 27.9. The molecular formula is C57H85I2NO16. The maximum absolute atomic E-state index is 14.6. The van der Waals surface area contributed by atoms with Gasteiger partial charge >= 0.3 is 17.9 Å². The summed E-state index contributed by atoms with van der Waals surface area (Å²) in [6.45, 7) is 13.1. The second-order valence-corrected chi connectivity index (χ2v) is 22.9. The molecule has 4 rings (SSSR count). The van der Waals surface area contributed by atoms with Crippen LogP contribution in [0.5, 0.6) is 0 Å². The van der Waals surface area contributed by atoms with Gasteiger partial charge in [0.15, 0.2) is 18.0 Å². The van der Waals surface area contributed by atoms with Crippen LogP contribution < -0.4 is 0 Å². The van der Waals surface area contributed by atoms with Crippen LogP contribution >= 0.6 is 45.2 Å². The number of cyclic esters (lactones) is 1. The summed E-state index contributed by atoms with van der Waals surface area (Å²) >= 11 is 3.84. The number of ether oxygens (including phenoxy) is 8. The monoisotopic (exact) mass is 1290 g/mol. The van der Waals surface area contributed by atoms with Gasteiger partial charge in [-0.2, -0.15) is 0 Å². The Morgan fingerprint density at radius 3 is 2.21 bits per heavy atom. The number of nitrogens with zero attached hydrogens (tertiary/aromatic N) is 1. The molecule has 15 atom stereocenters. The lowest BCUT2D eigenvalue weighted by Gasteiger charge is -2.42. The zero-order chi connectivity index (χ0) is 56.3. The molecule has 1 N–H and O–H groups in total. The fourth-order valence-electron chi connectivity index (χ4n) is 11.0. The van der Waals surface area contributed by atoms with Crippen LogP contribution in [0.4, 0.5) is 0 Å². The summed E-state index contributed by atoms with van der Waals surface area (Å²) in [6.07, 6.45) is 11.6. The maximum Gasteiger partial charge on any atom is 0.329 e. The van der Waals surface area contributed by atoms with Crippen LogP contribution in [0, 0.1) is 35.5 Å². The van der Waals surface area contributed by atoms with E-state index in [1.807, 2.05) is 103 Å². The van der Waals surface area contributed by atoms with Crippen molar-refractivity contribution in [3.05, 3.63) is 47.6 Å². The molecule has 3 aliphatic heterocycles. The molecule has 3 heterocycles. The van der Waals surface area contributed by atoms with Crippen LogP contribution in [0.15, 0.2) is 47.6 Å². The number of halogens is 2. The second kappa shape index (κ2) is 32.4. The molecule has 3 fully saturated rings. The number of rotatable bonds is 13. The number of amides is 1. The first-order valence-corrected chi connectivity index (χ1v) is 30.1. The van der Waals surface area contributed by atoms with Crippen molar-refractivity contribution in [2.24, 2.45) is 35.5 Å². The number of esters is 3. The minimum atomic E-state index is -2.46. The van der Waals surface area contributed by atoms with Crippen molar-refractivity contribution in [2.45, 2.75) is 180 Å². The molecule has 0 aromatic rings. The highest BCUT2D eigenvalue weighted by Gasteiger charge is 2.53. The number of hydrogen-bond acceptors (Lipinski definition) is 16. The van der Waals surface area contributed by atoms with Crippen LogP contribution in [-0.2, 0) is 71.5 Å². The molecule has 1 saturated carbocycles. The van der Waals surface area contributed by atoms with Crippen molar-refractivity contribution in [3.8, 4) is 0 Å². The fourth-order valence-corrected chi connectivity index (χ4v) is 11.4. The summed E-state index contributed by atoms with van der Waals surface area (Å²) in [6, 6.07) is -1.18. The highest BCUT2D eigenvalue weighted by Crippen LogP contribution is 2.38. The summed E-state index contributed by atoms with van der Waals surface area (Å²) in [5.41, 5.74) is 1.30. The Morgan fingerprint density at radius 2 is 1.54 bits per heavy atom. The Bertz CT molecular complexity index is 2090. The van der Waals surface area contributed by atoms with E-state index in [0.717, 1.165) is 12.0 Å². The van der Waals surface area contributed by atoms with E-state index < -0.39 is 83.7 Å². The van der Waals surface area contributed by atoms with Gasteiger partial charge < -0.3 is 47.9 Å². The lowest BCUT2D eigenvalue weighted by molar-refractivity contribution is -0.265. The lowest BCUT2D eigenvalue weighted by Crippen LogP contribution is -2.61. The van der Waals surface area contributed by atoms with E-state index in [9.17, 15) is 38.7 Å². The average Bonchev–Trinajstić information content (AvgIpc) is 3.40. The summed E-state index contributed by atoms with van der Waals surface area (Å²) in [7, 11) is 4.59. The van der Waals surface area contributed by atoms with Gasteiger partial charge in [0.1, 0.15) is 24.5 Å². The van der Waals surface area contributed by atoms with E-state index in [1.165, 1.54) is 12.0 Å². The summed E-state index contributed by atoms with van der Waals surface area (Å²) in [5.74, 6) is -9.21. The number of carbonyl (C=O) groups excluding carboxylic acids is 7. The van der Waals surface area contributed by atoms with Gasteiger partial charge in [0.05, 0.1) is 39.9 Å². The fraction of sp³-hybridized carbons (Fsp3) is 0.737. The number of fused-ring (bicyclic) bond motifs is 3. The molecule has 2 saturated heterocycles. The number of Topliss-reactive ketones (excluding diaryl/α,β-unsaturated/α-hetero) is 3. The van der Waals surface area contributed by atoms with Crippen molar-refractivity contribution >= 4 is 86.3 Å². The number of methoxy groups -OCH3 is 3. The van der Waals surface area contributed by atoms with Crippen LogP contribution in [0.25, 0.3) is 0 Å². The third kappa shape index (κ3) is 18.8. The Morgan fingerprint density at radius 1 is 0.816 bits per heavy atom. The number of aliphatic hydroxyl groups is 1. The molecule has 2 bridgehead atoms. The number of allylic oxidation sites excluding steroid dienone is 6. The molecule has 19 heteroatoms. The van der Waals surface area contributed by atoms with E-state index >= 15 is 0 Å². The van der Waals surface area contributed by atoms with Crippen LogP contribution in [-0.4, -0.2) is 156 Å². The van der Waals surface area contributed by atoms with E-state index in [1.54, 1.807) is 41.1 Å². The van der Waals surface area contributed by atoms with Crippen molar-refractivity contribution < 1.29 is 76.6 Å². The van der Waals surface area contributed by atoms with Gasteiger partial charge in [0.2, 0.25) is 5.79 Å². The average molecular weight is 1290 g/mol. The van der Waals surface area contributed by atoms with Crippen molar-refractivity contribution in [2.75, 3.05) is 49.9 Å². The zero-order valence-corrected chi connectivity index (χ0v) is 50.7.